The van der Waals surface area contributed by atoms with Gasteiger partial charge in [-0.3, -0.25) is 0 Å². The first-order chi connectivity index (χ1) is 13.8. The van der Waals surface area contributed by atoms with Gasteiger partial charge in [-0.1, -0.05) is 123 Å². The van der Waals surface area contributed by atoms with E-state index in [4.69, 9.17) is 9.26 Å². The van der Waals surface area contributed by atoms with Crippen LogP contribution in [0.1, 0.15) is 136 Å². The summed E-state index contributed by atoms with van der Waals surface area (Å²) >= 11 is 0. The third kappa shape index (κ3) is 19.2. The average molecular weight is 417 g/mol. The lowest BCUT2D eigenvalue weighted by atomic mass is 10.0. The summed E-state index contributed by atoms with van der Waals surface area (Å²) in [7, 11) is 2.19. The van der Waals surface area contributed by atoms with Gasteiger partial charge in [0.15, 0.2) is 6.10 Å². The van der Waals surface area contributed by atoms with E-state index in [0.29, 0.717) is 6.61 Å². The lowest BCUT2D eigenvalue weighted by Gasteiger charge is -2.13. The molecule has 0 aliphatic rings. The lowest BCUT2D eigenvalue weighted by molar-refractivity contribution is -0.151. The first-order valence-electron chi connectivity index (χ1n) is 12.3. The van der Waals surface area contributed by atoms with Crippen molar-refractivity contribution in [3.05, 3.63) is 0 Å². The molecule has 0 aromatic carbocycles. The Balaban J connectivity index is 3.24. The highest BCUT2D eigenvalue weighted by molar-refractivity contribution is 7.09. The fourth-order valence-electron chi connectivity index (χ4n) is 3.55. The molecule has 0 aromatic rings. The third-order valence-corrected chi connectivity index (χ3v) is 5.82. The molecule has 0 bridgehead atoms. The standard InChI is InChI=1S/C24H49O3P/c1-3-5-7-8-9-10-11-12-13-14-15-16-17-18-19-20-22-26-24(25)23(27-28)21-6-4-2/h23H,3-22,28H2,1-2H3. The molecule has 168 valence electrons. The number of carbonyl (C=O) groups is 1. The number of rotatable bonds is 22. The number of hydrogen-bond acceptors (Lipinski definition) is 3. The zero-order chi connectivity index (χ0) is 20.7. The first-order valence-corrected chi connectivity index (χ1v) is 12.8. The van der Waals surface area contributed by atoms with Gasteiger partial charge in [0.1, 0.15) is 0 Å². The summed E-state index contributed by atoms with van der Waals surface area (Å²) in [5, 5.41) is 0. The van der Waals surface area contributed by atoms with Crippen LogP contribution in [0.2, 0.25) is 0 Å². The summed E-state index contributed by atoms with van der Waals surface area (Å²) in [5.74, 6) is -0.204. The lowest BCUT2D eigenvalue weighted by Crippen LogP contribution is -2.24. The zero-order valence-corrected chi connectivity index (χ0v) is 20.2. The van der Waals surface area contributed by atoms with Crippen LogP contribution in [0, 0.1) is 0 Å². The van der Waals surface area contributed by atoms with Gasteiger partial charge in [-0.05, 0) is 12.8 Å². The summed E-state index contributed by atoms with van der Waals surface area (Å²) in [6.45, 7) is 4.93. The van der Waals surface area contributed by atoms with Crippen LogP contribution in [0.15, 0.2) is 0 Å². The second-order valence-electron chi connectivity index (χ2n) is 8.24. The van der Waals surface area contributed by atoms with E-state index < -0.39 is 6.10 Å². The Bertz CT molecular complexity index is 323. The second kappa shape index (κ2) is 23.1. The van der Waals surface area contributed by atoms with Gasteiger partial charge < -0.3 is 9.26 Å². The molecule has 0 saturated carbocycles. The van der Waals surface area contributed by atoms with Crippen LogP contribution in [0.5, 0.6) is 0 Å². The number of carbonyl (C=O) groups excluding carboxylic acids is 1. The van der Waals surface area contributed by atoms with E-state index >= 15 is 0 Å². The Morgan fingerprint density at radius 1 is 0.643 bits per heavy atom. The topological polar surface area (TPSA) is 35.5 Å². The molecule has 2 atom stereocenters. The van der Waals surface area contributed by atoms with Crippen molar-refractivity contribution in [2.75, 3.05) is 6.61 Å². The Morgan fingerprint density at radius 3 is 1.43 bits per heavy atom. The van der Waals surface area contributed by atoms with E-state index in [-0.39, 0.29) is 5.97 Å². The number of ether oxygens (including phenoxy) is 1. The molecule has 2 unspecified atom stereocenters. The van der Waals surface area contributed by atoms with Crippen molar-refractivity contribution in [3.63, 3.8) is 0 Å². The smallest absolute Gasteiger partial charge is 0.335 e. The molecular formula is C24H49O3P. The van der Waals surface area contributed by atoms with Crippen molar-refractivity contribution in [1.82, 2.24) is 0 Å². The van der Waals surface area contributed by atoms with E-state index in [1.54, 1.807) is 0 Å². The maximum absolute atomic E-state index is 11.9. The largest absolute Gasteiger partial charge is 0.464 e. The molecule has 0 saturated heterocycles. The van der Waals surface area contributed by atoms with Gasteiger partial charge in [0.05, 0.1) is 6.61 Å². The monoisotopic (exact) mass is 416 g/mol. The summed E-state index contributed by atoms with van der Waals surface area (Å²) in [6, 6.07) is 0. The molecule has 0 heterocycles. The van der Waals surface area contributed by atoms with Crippen LogP contribution in [-0.4, -0.2) is 18.7 Å². The third-order valence-electron chi connectivity index (χ3n) is 5.49. The Labute approximate surface area is 178 Å². The summed E-state index contributed by atoms with van der Waals surface area (Å²) in [6.07, 6.45) is 24.1. The minimum Gasteiger partial charge on any atom is -0.464 e. The van der Waals surface area contributed by atoms with Gasteiger partial charge in [-0.15, -0.1) is 0 Å². The van der Waals surface area contributed by atoms with Gasteiger partial charge >= 0.3 is 5.97 Å². The maximum Gasteiger partial charge on any atom is 0.335 e. The Morgan fingerprint density at radius 2 is 1.04 bits per heavy atom. The highest BCUT2D eigenvalue weighted by Crippen LogP contribution is 2.14. The van der Waals surface area contributed by atoms with Crippen molar-refractivity contribution in [3.8, 4) is 0 Å². The predicted octanol–water partition coefficient (Wildman–Crippen LogP) is 8.16. The van der Waals surface area contributed by atoms with E-state index in [2.05, 4.69) is 23.3 Å². The number of unbranched alkanes of at least 4 members (excludes halogenated alkanes) is 16. The van der Waals surface area contributed by atoms with Crippen LogP contribution in [0.25, 0.3) is 0 Å². The van der Waals surface area contributed by atoms with Gasteiger partial charge in [0.2, 0.25) is 0 Å². The molecule has 3 nitrogen and oxygen atoms in total. The molecule has 0 radical (unpaired) electrons. The maximum atomic E-state index is 11.9. The van der Waals surface area contributed by atoms with Crippen LogP contribution < -0.4 is 0 Å². The number of esters is 1. The molecule has 28 heavy (non-hydrogen) atoms. The van der Waals surface area contributed by atoms with Gasteiger partial charge in [-0.25, -0.2) is 4.79 Å². The quantitative estimate of drug-likeness (QED) is 0.101. The van der Waals surface area contributed by atoms with E-state index in [9.17, 15) is 4.79 Å². The van der Waals surface area contributed by atoms with Crippen molar-refractivity contribution >= 4 is 15.4 Å². The van der Waals surface area contributed by atoms with Crippen LogP contribution >= 0.6 is 9.47 Å². The predicted molar refractivity (Wildman–Crippen MR) is 125 cm³/mol. The van der Waals surface area contributed by atoms with Gasteiger partial charge in [0.25, 0.3) is 0 Å². The normalized spacial score (nSPS) is 12.2. The minimum absolute atomic E-state index is 0.204. The van der Waals surface area contributed by atoms with Crippen LogP contribution in [0.4, 0.5) is 0 Å². The van der Waals surface area contributed by atoms with E-state index in [1.165, 1.54) is 89.9 Å². The fourth-order valence-corrected chi connectivity index (χ4v) is 3.79. The van der Waals surface area contributed by atoms with Crippen LogP contribution in [-0.2, 0) is 14.1 Å². The zero-order valence-electron chi connectivity index (χ0n) is 19.0. The number of hydrogen-bond donors (Lipinski definition) is 0. The van der Waals surface area contributed by atoms with E-state index in [1.807, 2.05) is 0 Å². The molecular weight excluding hydrogens is 367 g/mol. The highest BCUT2D eigenvalue weighted by atomic mass is 31.0. The Kier molecular flexibility index (Phi) is 23.0. The molecule has 0 N–H and O–H groups in total. The summed E-state index contributed by atoms with van der Waals surface area (Å²) in [4.78, 5) is 11.9. The van der Waals surface area contributed by atoms with Crippen molar-refractivity contribution < 1.29 is 14.1 Å². The molecule has 0 rings (SSSR count). The van der Waals surface area contributed by atoms with Crippen LogP contribution in [0.3, 0.4) is 0 Å². The summed E-state index contributed by atoms with van der Waals surface area (Å²) in [5.41, 5.74) is 0. The first kappa shape index (κ1) is 27.9. The van der Waals surface area contributed by atoms with Gasteiger partial charge in [-0.2, -0.15) is 0 Å². The average Bonchev–Trinajstić information content (AvgIpc) is 2.70. The second-order valence-corrected chi connectivity index (χ2v) is 8.51. The highest BCUT2D eigenvalue weighted by Gasteiger charge is 2.18. The van der Waals surface area contributed by atoms with Crippen molar-refractivity contribution in [1.29, 1.82) is 0 Å². The fraction of sp³-hybridized carbons (Fsp3) is 0.958. The van der Waals surface area contributed by atoms with E-state index in [0.717, 1.165) is 32.1 Å². The molecule has 4 heteroatoms. The van der Waals surface area contributed by atoms with Crippen molar-refractivity contribution in [2.24, 2.45) is 0 Å². The molecule has 0 amide bonds. The molecule has 0 aliphatic carbocycles. The van der Waals surface area contributed by atoms with Crippen molar-refractivity contribution in [2.45, 2.75) is 142 Å². The Hall–Kier alpha value is -0.140. The molecule has 0 spiro atoms. The molecule has 0 aromatic heterocycles. The van der Waals surface area contributed by atoms with Gasteiger partial charge in [0, 0.05) is 9.47 Å². The molecule has 0 aliphatic heterocycles. The molecule has 0 fully saturated rings. The minimum atomic E-state index is -0.411. The summed E-state index contributed by atoms with van der Waals surface area (Å²) < 4.78 is 10.5. The SMILES string of the molecule is CCCCCCCCCCCCCCCCCCOC(=O)C(CCCC)OP.